The molecule has 2 aromatic heterocycles. The normalized spacial score (nSPS) is 14.0. The number of benzene rings is 1. The van der Waals surface area contributed by atoms with Crippen molar-refractivity contribution in [2.75, 3.05) is 6.79 Å². The van der Waals surface area contributed by atoms with Crippen molar-refractivity contribution >= 4 is 27.3 Å². The highest BCUT2D eigenvalue weighted by Gasteiger charge is 2.34. The summed E-state index contributed by atoms with van der Waals surface area (Å²) in [6.45, 7) is 5.43. The minimum absolute atomic E-state index is 0.0301. The summed E-state index contributed by atoms with van der Waals surface area (Å²) in [6.07, 6.45) is 0. The van der Waals surface area contributed by atoms with Gasteiger partial charge in [-0.25, -0.2) is 13.1 Å². The van der Waals surface area contributed by atoms with Gasteiger partial charge in [0.05, 0.1) is 10.6 Å². The first kappa shape index (κ1) is 19.5. The van der Waals surface area contributed by atoms with Crippen molar-refractivity contribution in [2.24, 2.45) is 0 Å². The maximum atomic E-state index is 13.2. The van der Waals surface area contributed by atoms with E-state index in [1.54, 1.807) is 31.4 Å². The molecule has 3 aromatic rings. The molecule has 4 rings (SSSR count). The molecule has 0 fully saturated rings. The number of ether oxygens (including phenoxy) is 2. The van der Waals surface area contributed by atoms with E-state index in [-0.39, 0.29) is 17.4 Å². The molecule has 29 heavy (non-hydrogen) atoms. The van der Waals surface area contributed by atoms with Gasteiger partial charge < -0.3 is 14.0 Å². The maximum Gasteiger partial charge on any atom is 0.264 e. The van der Waals surface area contributed by atoms with E-state index < -0.39 is 21.8 Å². The summed E-state index contributed by atoms with van der Waals surface area (Å²) in [5.41, 5.74) is 2.58. The van der Waals surface area contributed by atoms with Crippen molar-refractivity contribution in [1.29, 1.82) is 0 Å². The Morgan fingerprint density at radius 2 is 1.93 bits per heavy atom. The van der Waals surface area contributed by atoms with Crippen LogP contribution >= 0.6 is 11.3 Å². The van der Waals surface area contributed by atoms with Crippen molar-refractivity contribution < 1.29 is 27.2 Å². The van der Waals surface area contributed by atoms with Crippen LogP contribution < -0.4 is 14.2 Å². The number of carbonyl (C=O) groups excluding carboxylic acids is 1. The molecule has 0 saturated heterocycles. The number of aryl methyl sites for hydroxylation is 2. The molecule has 1 amide bonds. The Hall–Kier alpha value is -2.85. The zero-order valence-electron chi connectivity index (χ0n) is 15.9. The minimum atomic E-state index is -4.01. The average Bonchev–Trinajstić information content (AvgIpc) is 3.40. The Labute approximate surface area is 171 Å². The largest absolute Gasteiger partial charge is 0.454 e. The number of nitrogens with one attached hydrogen (secondary N) is 1. The highest BCUT2D eigenvalue weighted by atomic mass is 32.2. The molecule has 10 heteroatoms. The molecule has 0 radical (unpaired) electrons. The van der Waals surface area contributed by atoms with Gasteiger partial charge in [-0.15, -0.1) is 0 Å². The van der Waals surface area contributed by atoms with Gasteiger partial charge in [-0.2, -0.15) is 11.3 Å². The smallest absolute Gasteiger partial charge is 0.264 e. The molecular weight excluding hydrogens is 416 g/mol. The number of hydrogen-bond donors (Lipinski definition) is 1. The molecule has 3 heterocycles. The van der Waals surface area contributed by atoms with Crippen molar-refractivity contribution in [2.45, 2.75) is 31.6 Å². The summed E-state index contributed by atoms with van der Waals surface area (Å²) < 4.78 is 43.7. The lowest BCUT2D eigenvalue weighted by Gasteiger charge is -2.18. The van der Waals surface area contributed by atoms with Gasteiger partial charge in [-0.3, -0.25) is 4.79 Å². The Morgan fingerprint density at radius 1 is 1.21 bits per heavy atom. The predicted octanol–water partition coefficient (Wildman–Crippen LogP) is 3.03. The molecule has 0 spiro atoms. The van der Waals surface area contributed by atoms with Crippen LogP contribution in [0.25, 0.3) is 0 Å². The Balaban J connectivity index is 1.80. The second-order valence-corrected chi connectivity index (χ2v) is 9.14. The first-order valence-electron chi connectivity index (χ1n) is 8.69. The first-order valence-corrected chi connectivity index (χ1v) is 11.1. The average molecular weight is 434 g/mol. The van der Waals surface area contributed by atoms with Crippen LogP contribution in [-0.2, 0) is 14.8 Å². The molecule has 0 saturated carbocycles. The van der Waals surface area contributed by atoms with Crippen LogP contribution in [0.2, 0.25) is 0 Å². The highest BCUT2D eigenvalue weighted by molar-refractivity contribution is 7.90. The molecule has 152 valence electrons. The summed E-state index contributed by atoms with van der Waals surface area (Å²) >= 11 is 1.23. The molecule has 0 aliphatic carbocycles. The Bertz CT molecular complexity index is 1180. The van der Waals surface area contributed by atoms with Crippen LogP contribution in [0.3, 0.4) is 0 Å². The molecule has 8 nitrogen and oxygen atoms in total. The van der Waals surface area contributed by atoms with Crippen LogP contribution in [0.1, 0.15) is 34.1 Å². The monoisotopic (exact) mass is 434 g/mol. The Morgan fingerprint density at radius 3 is 2.55 bits per heavy atom. The minimum Gasteiger partial charge on any atom is -0.454 e. The van der Waals surface area contributed by atoms with Crippen LogP contribution in [0, 0.1) is 20.8 Å². The van der Waals surface area contributed by atoms with Crippen molar-refractivity contribution in [3.63, 3.8) is 0 Å². The number of fused-ring (bicyclic) bond motifs is 1. The second kappa shape index (κ2) is 7.20. The second-order valence-electron chi connectivity index (χ2n) is 6.68. The van der Waals surface area contributed by atoms with Crippen LogP contribution in [0.15, 0.2) is 38.4 Å². The number of nitrogens with zero attached hydrogens (tertiary/aromatic N) is 1. The lowest BCUT2D eigenvalue weighted by Crippen LogP contribution is -2.35. The SMILES string of the molecule is Cc1cc2c(cc1C(C(=O)NS(=O)(=O)c1ccsc1)c1onc(C)c1C)OCO2. The molecule has 1 unspecified atom stereocenters. The quantitative estimate of drug-likeness (QED) is 0.658. The van der Waals surface area contributed by atoms with E-state index in [1.165, 1.54) is 22.8 Å². The van der Waals surface area contributed by atoms with Gasteiger partial charge in [0.15, 0.2) is 17.3 Å². The summed E-state index contributed by atoms with van der Waals surface area (Å²) in [5.74, 6) is -0.432. The molecule has 1 aliphatic rings. The summed E-state index contributed by atoms with van der Waals surface area (Å²) in [6, 6.07) is 4.87. The van der Waals surface area contributed by atoms with Crippen molar-refractivity contribution in [3.8, 4) is 11.5 Å². The van der Waals surface area contributed by atoms with Gasteiger partial charge in [0.1, 0.15) is 5.92 Å². The standard InChI is InChI=1S/C19H18N2O6S2/c1-10-6-15-16(26-9-25-15)7-14(10)17(18-11(2)12(3)20-27-18)19(22)21-29(23,24)13-4-5-28-8-13/h4-8,17H,9H2,1-3H3,(H,21,22). The summed E-state index contributed by atoms with van der Waals surface area (Å²) in [4.78, 5) is 13.3. The van der Waals surface area contributed by atoms with Crippen molar-refractivity contribution in [1.82, 2.24) is 9.88 Å². The van der Waals surface area contributed by atoms with E-state index >= 15 is 0 Å². The van der Waals surface area contributed by atoms with Gasteiger partial charge in [-0.1, -0.05) is 5.16 Å². The molecule has 0 bridgehead atoms. The zero-order chi connectivity index (χ0) is 20.8. The van der Waals surface area contributed by atoms with Crippen LogP contribution in [0.4, 0.5) is 0 Å². The fourth-order valence-corrected chi connectivity index (χ4v) is 5.15. The molecule has 1 aromatic carbocycles. The number of hydrogen-bond acceptors (Lipinski definition) is 8. The van der Waals surface area contributed by atoms with E-state index in [0.717, 1.165) is 5.56 Å². The topological polar surface area (TPSA) is 108 Å². The summed E-state index contributed by atoms with van der Waals surface area (Å²) in [7, 11) is -4.01. The summed E-state index contributed by atoms with van der Waals surface area (Å²) in [5, 5.41) is 7.02. The van der Waals surface area contributed by atoms with Gasteiger partial charge in [0.2, 0.25) is 12.7 Å². The lowest BCUT2D eigenvalue weighted by molar-refractivity contribution is -0.120. The third-order valence-corrected chi connectivity index (χ3v) is 7.01. The number of thiophene rings is 1. The number of carbonyl (C=O) groups is 1. The first-order chi connectivity index (χ1) is 13.8. The molecule has 1 aliphatic heterocycles. The van der Waals surface area contributed by atoms with Crippen LogP contribution in [-0.4, -0.2) is 26.3 Å². The molecule has 1 N–H and O–H groups in total. The van der Waals surface area contributed by atoms with E-state index in [2.05, 4.69) is 9.88 Å². The van der Waals surface area contributed by atoms with E-state index in [1.807, 2.05) is 6.92 Å². The highest BCUT2D eigenvalue weighted by Crippen LogP contribution is 2.40. The van der Waals surface area contributed by atoms with Gasteiger partial charge in [-0.05, 0) is 55.5 Å². The zero-order valence-corrected chi connectivity index (χ0v) is 17.5. The molecular formula is C19H18N2O6S2. The number of aromatic nitrogens is 1. The third-order valence-electron chi connectivity index (χ3n) is 4.83. The number of rotatable bonds is 5. The van der Waals surface area contributed by atoms with E-state index in [4.69, 9.17) is 14.0 Å². The fraction of sp³-hybridized carbons (Fsp3) is 0.263. The van der Waals surface area contributed by atoms with Crippen LogP contribution in [0.5, 0.6) is 11.5 Å². The van der Waals surface area contributed by atoms with Gasteiger partial charge in [0.25, 0.3) is 10.0 Å². The molecule has 1 atom stereocenters. The predicted molar refractivity (Wildman–Crippen MR) is 105 cm³/mol. The van der Waals surface area contributed by atoms with E-state index in [0.29, 0.717) is 28.3 Å². The number of amides is 1. The lowest BCUT2D eigenvalue weighted by atomic mass is 9.89. The third kappa shape index (κ3) is 3.49. The van der Waals surface area contributed by atoms with Crippen molar-refractivity contribution in [3.05, 3.63) is 57.1 Å². The van der Waals surface area contributed by atoms with Gasteiger partial charge >= 0.3 is 0 Å². The Kier molecular flexibility index (Phi) is 4.83. The fourth-order valence-electron chi connectivity index (χ4n) is 3.13. The maximum absolute atomic E-state index is 13.2. The number of sulfonamides is 1. The van der Waals surface area contributed by atoms with Gasteiger partial charge in [0, 0.05) is 10.9 Å². The van der Waals surface area contributed by atoms with E-state index in [9.17, 15) is 13.2 Å².